The number of nitrogens with zero attached hydrogens (tertiary/aromatic N) is 1. The molecular formula is C21H29N3O2. The highest BCUT2D eigenvalue weighted by molar-refractivity contribution is 5.88. The van der Waals surface area contributed by atoms with E-state index in [1.54, 1.807) is 0 Å². The summed E-state index contributed by atoms with van der Waals surface area (Å²) in [5.74, 6) is 1.34. The van der Waals surface area contributed by atoms with Gasteiger partial charge in [-0.1, -0.05) is 26.0 Å². The van der Waals surface area contributed by atoms with Crippen LogP contribution in [0.2, 0.25) is 0 Å². The number of nitrogens with one attached hydrogen (secondary N) is 2. The van der Waals surface area contributed by atoms with Crippen LogP contribution in [0.4, 0.5) is 4.79 Å². The van der Waals surface area contributed by atoms with Crippen molar-refractivity contribution in [3.63, 3.8) is 0 Å². The summed E-state index contributed by atoms with van der Waals surface area (Å²) in [6.07, 6.45) is 4.11. The first-order valence-corrected chi connectivity index (χ1v) is 9.72. The molecule has 0 bridgehead atoms. The normalized spacial score (nSPS) is 25.3. The van der Waals surface area contributed by atoms with Crippen LogP contribution in [-0.4, -0.2) is 48.8 Å². The van der Waals surface area contributed by atoms with Crippen LogP contribution < -0.4 is 5.32 Å². The topological polar surface area (TPSA) is 57.4 Å². The third kappa shape index (κ3) is 3.20. The molecule has 1 saturated heterocycles. The first-order chi connectivity index (χ1) is 12.5. The maximum atomic E-state index is 11.9. The van der Waals surface area contributed by atoms with Gasteiger partial charge in [0.05, 0.1) is 6.61 Å². The predicted octanol–water partition coefficient (Wildman–Crippen LogP) is 3.51. The highest BCUT2D eigenvalue weighted by Gasteiger charge is 2.39. The van der Waals surface area contributed by atoms with Crippen molar-refractivity contribution in [1.29, 1.82) is 0 Å². The van der Waals surface area contributed by atoms with Crippen molar-refractivity contribution in [2.75, 3.05) is 26.7 Å². The van der Waals surface area contributed by atoms with Crippen molar-refractivity contribution < 1.29 is 9.53 Å². The number of H-pyrrole nitrogens is 1. The number of hydrogen-bond acceptors (Lipinski definition) is 3. The number of ether oxygens (including phenoxy) is 1. The van der Waals surface area contributed by atoms with Crippen molar-refractivity contribution in [3.8, 4) is 0 Å². The SMILES string of the molecule is CC(C)COC(=O)NC[C@@H]1CC2c3cccc4[nH]cc(c34)C[C@H]2N(C)C1. The Labute approximate surface area is 155 Å². The fourth-order valence-electron chi connectivity index (χ4n) is 4.72. The molecule has 2 aliphatic rings. The van der Waals surface area contributed by atoms with E-state index in [2.05, 4.69) is 46.6 Å². The van der Waals surface area contributed by atoms with Crippen molar-refractivity contribution in [2.24, 2.45) is 11.8 Å². The minimum atomic E-state index is -0.290. The quantitative estimate of drug-likeness (QED) is 0.882. The molecule has 5 nitrogen and oxygen atoms in total. The Bertz CT molecular complexity index is 798. The van der Waals surface area contributed by atoms with Crippen molar-refractivity contribution >= 4 is 17.0 Å². The number of alkyl carbamates (subject to hydrolysis) is 1. The van der Waals surface area contributed by atoms with E-state index in [4.69, 9.17) is 4.74 Å². The van der Waals surface area contributed by atoms with Gasteiger partial charge in [0.15, 0.2) is 0 Å². The molecule has 1 aliphatic heterocycles. The summed E-state index contributed by atoms with van der Waals surface area (Å²) in [7, 11) is 2.22. The summed E-state index contributed by atoms with van der Waals surface area (Å²) in [5, 5.41) is 4.39. The lowest BCUT2D eigenvalue weighted by molar-refractivity contribution is 0.103. The third-order valence-electron chi connectivity index (χ3n) is 5.90. The molecule has 0 saturated carbocycles. The highest BCUT2D eigenvalue weighted by Crippen LogP contribution is 2.44. The number of aromatic amines is 1. The molecule has 1 fully saturated rings. The van der Waals surface area contributed by atoms with Gasteiger partial charge in [-0.3, -0.25) is 0 Å². The maximum absolute atomic E-state index is 11.9. The van der Waals surface area contributed by atoms with Crippen LogP contribution in [-0.2, 0) is 11.2 Å². The smallest absolute Gasteiger partial charge is 0.407 e. The monoisotopic (exact) mass is 355 g/mol. The van der Waals surface area contributed by atoms with E-state index in [9.17, 15) is 4.79 Å². The van der Waals surface area contributed by atoms with Gasteiger partial charge in [-0.05, 0) is 48.9 Å². The molecule has 1 aromatic heterocycles. The van der Waals surface area contributed by atoms with E-state index in [1.807, 2.05) is 13.8 Å². The van der Waals surface area contributed by atoms with Gasteiger partial charge >= 0.3 is 6.09 Å². The Morgan fingerprint density at radius 2 is 2.27 bits per heavy atom. The van der Waals surface area contributed by atoms with Gasteiger partial charge in [0.1, 0.15) is 0 Å². The summed E-state index contributed by atoms with van der Waals surface area (Å²) < 4.78 is 5.24. The zero-order valence-electron chi connectivity index (χ0n) is 15.9. The van der Waals surface area contributed by atoms with E-state index in [0.717, 1.165) is 19.4 Å². The Morgan fingerprint density at radius 1 is 1.42 bits per heavy atom. The molecule has 0 spiro atoms. The molecule has 1 aromatic carbocycles. The van der Waals surface area contributed by atoms with Crippen LogP contribution in [0, 0.1) is 11.8 Å². The molecule has 0 radical (unpaired) electrons. The number of carbonyl (C=O) groups excluding carboxylic acids is 1. The van der Waals surface area contributed by atoms with E-state index in [1.165, 1.54) is 22.0 Å². The van der Waals surface area contributed by atoms with Crippen LogP contribution >= 0.6 is 0 Å². The number of rotatable bonds is 4. The Hall–Kier alpha value is -2.01. The standard InChI is InChI=1S/C21H29N3O2/c1-13(2)12-26-21(25)23-9-14-7-17-16-5-4-6-18-20(16)15(10-22-18)8-19(17)24(3)11-14/h4-6,10,13-14,17,19,22H,7-9,11-12H2,1-3H3,(H,23,25)/t14-,17?,19+/m0/s1. The molecule has 3 atom stereocenters. The third-order valence-corrected chi connectivity index (χ3v) is 5.90. The number of fused-ring (bicyclic) bond motifs is 2. The number of likely N-dealkylation sites (tertiary alicyclic amines) is 1. The van der Waals surface area contributed by atoms with Crippen molar-refractivity contribution in [1.82, 2.24) is 15.2 Å². The number of amides is 1. The van der Waals surface area contributed by atoms with Crippen LogP contribution in [0.3, 0.4) is 0 Å². The fourth-order valence-corrected chi connectivity index (χ4v) is 4.72. The molecule has 1 aliphatic carbocycles. The van der Waals surface area contributed by atoms with Crippen LogP contribution in [0.25, 0.3) is 10.9 Å². The minimum absolute atomic E-state index is 0.290. The maximum Gasteiger partial charge on any atom is 0.407 e. The van der Waals surface area contributed by atoms with Gasteiger partial charge in [0.25, 0.3) is 0 Å². The predicted molar refractivity (Wildman–Crippen MR) is 103 cm³/mol. The molecule has 140 valence electrons. The fraction of sp³-hybridized carbons (Fsp3) is 0.571. The van der Waals surface area contributed by atoms with E-state index in [0.29, 0.717) is 36.9 Å². The minimum Gasteiger partial charge on any atom is -0.449 e. The lowest BCUT2D eigenvalue weighted by Gasteiger charge is -2.45. The van der Waals surface area contributed by atoms with Gasteiger partial charge in [-0.2, -0.15) is 0 Å². The lowest BCUT2D eigenvalue weighted by Crippen LogP contribution is -2.50. The summed E-state index contributed by atoms with van der Waals surface area (Å²) in [4.78, 5) is 17.8. The average molecular weight is 355 g/mol. The van der Waals surface area contributed by atoms with Crippen LogP contribution in [0.1, 0.15) is 37.3 Å². The molecule has 5 heteroatoms. The molecule has 2 heterocycles. The highest BCUT2D eigenvalue weighted by atomic mass is 16.5. The number of hydrogen-bond donors (Lipinski definition) is 2. The molecule has 26 heavy (non-hydrogen) atoms. The summed E-state index contributed by atoms with van der Waals surface area (Å²) in [6, 6.07) is 7.16. The summed E-state index contributed by atoms with van der Waals surface area (Å²) >= 11 is 0. The Morgan fingerprint density at radius 3 is 3.08 bits per heavy atom. The number of benzene rings is 1. The second-order valence-corrected chi connectivity index (χ2v) is 8.38. The van der Waals surface area contributed by atoms with E-state index < -0.39 is 0 Å². The first kappa shape index (κ1) is 17.4. The molecule has 1 unspecified atom stereocenters. The summed E-state index contributed by atoms with van der Waals surface area (Å²) in [6.45, 7) is 6.26. The zero-order valence-corrected chi connectivity index (χ0v) is 15.9. The zero-order chi connectivity index (χ0) is 18.3. The molecule has 2 N–H and O–H groups in total. The average Bonchev–Trinajstić information content (AvgIpc) is 3.04. The van der Waals surface area contributed by atoms with Gasteiger partial charge < -0.3 is 19.9 Å². The van der Waals surface area contributed by atoms with Crippen LogP contribution in [0.15, 0.2) is 24.4 Å². The lowest BCUT2D eigenvalue weighted by atomic mass is 9.72. The number of likely N-dealkylation sites (N-methyl/N-ethyl adjacent to an activating group) is 1. The van der Waals surface area contributed by atoms with Gasteiger partial charge in [0, 0.05) is 42.1 Å². The van der Waals surface area contributed by atoms with Crippen molar-refractivity contribution in [2.45, 2.75) is 38.6 Å². The Balaban J connectivity index is 1.46. The Kier molecular flexibility index (Phi) is 4.65. The summed E-state index contributed by atoms with van der Waals surface area (Å²) in [5.41, 5.74) is 4.16. The van der Waals surface area contributed by atoms with Gasteiger partial charge in [-0.15, -0.1) is 0 Å². The molecular weight excluding hydrogens is 326 g/mol. The van der Waals surface area contributed by atoms with E-state index in [-0.39, 0.29) is 6.09 Å². The number of piperidine rings is 1. The number of carbonyl (C=O) groups is 1. The first-order valence-electron chi connectivity index (χ1n) is 9.72. The van der Waals surface area contributed by atoms with Crippen LogP contribution in [0.5, 0.6) is 0 Å². The van der Waals surface area contributed by atoms with E-state index >= 15 is 0 Å². The second kappa shape index (κ2) is 6.95. The van der Waals surface area contributed by atoms with Crippen molar-refractivity contribution in [3.05, 3.63) is 35.5 Å². The molecule has 1 amide bonds. The van der Waals surface area contributed by atoms with Gasteiger partial charge in [0.2, 0.25) is 0 Å². The molecule has 4 rings (SSSR count). The number of aromatic nitrogens is 1. The second-order valence-electron chi connectivity index (χ2n) is 8.38. The largest absolute Gasteiger partial charge is 0.449 e. The molecule has 2 aromatic rings. The van der Waals surface area contributed by atoms with Gasteiger partial charge in [-0.25, -0.2) is 4.79 Å².